The number of amides is 1. The van der Waals surface area contributed by atoms with Gasteiger partial charge in [0.15, 0.2) is 0 Å². The summed E-state index contributed by atoms with van der Waals surface area (Å²) in [6, 6.07) is 19.9. The monoisotopic (exact) mass is 469 g/mol. The van der Waals surface area contributed by atoms with Crippen molar-refractivity contribution in [3.63, 3.8) is 0 Å². The van der Waals surface area contributed by atoms with Crippen molar-refractivity contribution in [2.75, 3.05) is 0 Å². The van der Waals surface area contributed by atoms with Crippen molar-refractivity contribution in [1.29, 1.82) is 0 Å². The number of hydrogen-bond acceptors (Lipinski definition) is 2. The second kappa shape index (κ2) is 9.67. The smallest absolute Gasteiger partial charge is 0.352 e. The van der Waals surface area contributed by atoms with E-state index in [1.807, 2.05) is 42.5 Å². The topological polar surface area (TPSA) is 29.1 Å². The molecule has 3 aromatic rings. The fourth-order valence-corrected chi connectivity index (χ4v) is 4.16. The molecule has 0 atom stereocenters. The van der Waals surface area contributed by atoms with Crippen molar-refractivity contribution in [2.24, 2.45) is 0 Å². The van der Waals surface area contributed by atoms with Gasteiger partial charge in [-0.2, -0.15) is 13.2 Å². The number of carbonyl (C=O) groups excluding carboxylic acids is 1. The van der Waals surface area contributed by atoms with Gasteiger partial charge in [0.25, 0.3) is 0 Å². The third-order valence-electron chi connectivity index (χ3n) is 5.09. The number of rotatable bonds is 6. The SMILES string of the molecule is O=C(CC1=C/C(=C\c2ccc(SC(F)(F)F)cc2)c2ccc(F)cc21)NCc1ccccc1. The molecule has 0 spiro atoms. The molecule has 0 bridgehead atoms. The Kier molecular flexibility index (Phi) is 6.70. The minimum Gasteiger partial charge on any atom is -0.352 e. The molecule has 1 amide bonds. The lowest BCUT2D eigenvalue weighted by molar-refractivity contribution is -0.120. The van der Waals surface area contributed by atoms with Gasteiger partial charge in [-0.3, -0.25) is 4.79 Å². The Morgan fingerprint density at radius 3 is 2.36 bits per heavy atom. The number of benzene rings is 3. The van der Waals surface area contributed by atoms with Crippen LogP contribution in [0.15, 0.2) is 83.8 Å². The molecule has 0 saturated carbocycles. The molecule has 0 aromatic heterocycles. The van der Waals surface area contributed by atoms with Crippen LogP contribution in [0.3, 0.4) is 0 Å². The van der Waals surface area contributed by atoms with E-state index >= 15 is 0 Å². The molecule has 0 unspecified atom stereocenters. The van der Waals surface area contributed by atoms with Crippen LogP contribution in [-0.4, -0.2) is 11.4 Å². The summed E-state index contributed by atoms with van der Waals surface area (Å²) in [5.41, 5.74) is 0.213. The van der Waals surface area contributed by atoms with E-state index in [4.69, 9.17) is 0 Å². The minimum absolute atomic E-state index is 0.0851. The molecule has 2 nitrogen and oxygen atoms in total. The maximum Gasteiger partial charge on any atom is 0.446 e. The standard InChI is InChI=1S/C26H19F4NOS/c27-21-8-11-23-19(12-17-6-9-22(10-7-17)33-26(28,29)30)13-20(24(23)15-21)14-25(32)31-16-18-4-2-1-3-5-18/h1-13,15H,14,16H2,(H,31,32)/b19-12+. The van der Waals surface area contributed by atoms with Crippen LogP contribution in [0.25, 0.3) is 17.2 Å². The van der Waals surface area contributed by atoms with Gasteiger partial charge in [0.1, 0.15) is 5.82 Å². The molecule has 0 saturated heterocycles. The largest absolute Gasteiger partial charge is 0.446 e. The quantitative estimate of drug-likeness (QED) is 0.309. The second-order valence-electron chi connectivity index (χ2n) is 7.52. The van der Waals surface area contributed by atoms with Crippen molar-refractivity contribution in [3.05, 3.63) is 107 Å². The summed E-state index contributed by atoms with van der Waals surface area (Å²) in [6.45, 7) is 0.397. The molecule has 4 rings (SSSR count). The van der Waals surface area contributed by atoms with E-state index in [9.17, 15) is 22.4 Å². The van der Waals surface area contributed by atoms with Crippen molar-refractivity contribution in [1.82, 2.24) is 5.32 Å². The van der Waals surface area contributed by atoms with E-state index < -0.39 is 11.3 Å². The highest BCUT2D eigenvalue weighted by molar-refractivity contribution is 8.00. The fourth-order valence-electron chi connectivity index (χ4n) is 3.62. The van der Waals surface area contributed by atoms with Crippen molar-refractivity contribution < 1.29 is 22.4 Å². The Bertz CT molecular complexity index is 1220. The molecule has 1 aliphatic carbocycles. The Balaban J connectivity index is 1.53. The molecule has 7 heteroatoms. The Labute approximate surface area is 193 Å². The summed E-state index contributed by atoms with van der Waals surface area (Å²) in [6.07, 6.45) is 3.72. The number of halogens is 4. The fraction of sp³-hybridized carbons (Fsp3) is 0.115. The van der Waals surface area contributed by atoms with Gasteiger partial charge in [0.05, 0.1) is 6.42 Å². The predicted octanol–water partition coefficient (Wildman–Crippen LogP) is 7.08. The van der Waals surface area contributed by atoms with E-state index in [0.717, 1.165) is 16.7 Å². The molecule has 168 valence electrons. The molecule has 0 aliphatic heterocycles. The number of alkyl halides is 3. The Morgan fingerprint density at radius 1 is 0.939 bits per heavy atom. The van der Waals surface area contributed by atoms with E-state index in [1.54, 1.807) is 18.2 Å². The summed E-state index contributed by atoms with van der Waals surface area (Å²) in [4.78, 5) is 12.6. The third-order valence-corrected chi connectivity index (χ3v) is 5.83. The summed E-state index contributed by atoms with van der Waals surface area (Å²) >= 11 is -0.166. The maximum absolute atomic E-state index is 13.9. The van der Waals surface area contributed by atoms with Gasteiger partial charge in [-0.25, -0.2) is 4.39 Å². The van der Waals surface area contributed by atoms with Gasteiger partial charge < -0.3 is 5.32 Å². The zero-order chi connectivity index (χ0) is 23.4. The maximum atomic E-state index is 13.9. The van der Waals surface area contributed by atoms with Crippen LogP contribution in [-0.2, 0) is 11.3 Å². The molecule has 3 aromatic carbocycles. The molecular weight excluding hydrogens is 450 g/mol. The lowest BCUT2D eigenvalue weighted by Crippen LogP contribution is -2.22. The van der Waals surface area contributed by atoms with Gasteiger partial charge in [0, 0.05) is 11.4 Å². The average Bonchev–Trinajstić information content (AvgIpc) is 3.09. The Morgan fingerprint density at radius 2 is 1.67 bits per heavy atom. The first-order valence-corrected chi connectivity index (χ1v) is 11.0. The number of allylic oxidation sites excluding steroid dienone is 2. The van der Waals surface area contributed by atoms with Crippen molar-refractivity contribution >= 4 is 34.9 Å². The summed E-state index contributed by atoms with van der Waals surface area (Å²) < 4.78 is 51.6. The van der Waals surface area contributed by atoms with Crippen LogP contribution in [0.2, 0.25) is 0 Å². The van der Waals surface area contributed by atoms with Gasteiger partial charge in [-0.1, -0.05) is 48.5 Å². The molecule has 1 aliphatic rings. The first-order chi connectivity index (χ1) is 15.8. The molecule has 0 heterocycles. The van der Waals surface area contributed by atoms with Crippen LogP contribution >= 0.6 is 11.8 Å². The second-order valence-corrected chi connectivity index (χ2v) is 8.65. The molecule has 1 N–H and O–H groups in total. The zero-order valence-electron chi connectivity index (χ0n) is 17.3. The lowest BCUT2D eigenvalue weighted by atomic mass is 10.0. The molecular formula is C26H19F4NOS. The highest BCUT2D eigenvalue weighted by Gasteiger charge is 2.29. The highest BCUT2D eigenvalue weighted by Crippen LogP contribution is 2.39. The van der Waals surface area contributed by atoms with E-state index in [1.165, 1.54) is 24.3 Å². The number of hydrogen-bond donors (Lipinski definition) is 1. The molecule has 0 radical (unpaired) electrons. The predicted molar refractivity (Wildman–Crippen MR) is 124 cm³/mol. The Hall–Kier alpha value is -3.32. The van der Waals surface area contributed by atoms with Crippen LogP contribution in [0.5, 0.6) is 0 Å². The van der Waals surface area contributed by atoms with Crippen LogP contribution in [0.4, 0.5) is 17.6 Å². The summed E-state index contributed by atoms with van der Waals surface area (Å²) in [7, 11) is 0. The van der Waals surface area contributed by atoms with Gasteiger partial charge in [0.2, 0.25) is 5.91 Å². The van der Waals surface area contributed by atoms with Gasteiger partial charge in [-0.05, 0) is 81.6 Å². The number of nitrogens with one attached hydrogen (secondary N) is 1. The number of fused-ring (bicyclic) bond motifs is 1. The van der Waals surface area contributed by atoms with E-state index in [-0.39, 0.29) is 29.0 Å². The number of carbonyl (C=O) groups is 1. The van der Waals surface area contributed by atoms with E-state index in [2.05, 4.69) is 5.32 Å². The van der Waals surface area contributed by atoms with Crippen LogP contribution in [0.1, 0.15) is 28.7 Å². The molecule has 33 heavy (non-hydrogen) atoms. The third kappa shape index (κ3) is 6.14. The summed E-state index contributed by atoms with van der Waals surface area (Å²) in [5.74, 6) is -0.589. The van der Waals surface area contributed by atoms with Crippen molar-refractivity contribution in [2.45, 2.75) is 23.4 Å². The summed E-state index contributed by atoms with van der Waals surface area (Å²) in [5, 5.41) is 2.87. The van der Waals surface area contributed by atoms with Crippen LogP contribution in [0, 0.1) is 5.82 Å². The van der Waals surface area contributed by atoms with E-state index in [0.29, 0.717) is 23.2 Å². The molecule has 0 fully saturated rings. The lowest BCUT2D eigenvalue weighted by Gasteiger charge is -2.08. The minimum atomic E-state index is -4.34. The normalized spacial score (nSPS) is 14.2. The number of thioether (sulfide) groups is 1. The highest BCUT2D eigenvalue weighted by atomic mass is 32.2. The first kappa shape index (κ1) is 22.9. The van der Waals surface area contributed by atoms with Crippen LogP contribution < -0.4 is 5.32 Å². The first-order valence-electron chi connectivity index (χ1n) is 10.2. The van der Waals surface area contributed by atoms with Gasteiger partial charge >= 0.3 is 5.51 Å². The zero-order valence-corrected chi connectivity index (χ0v) is 18.1. The van der Waals surface area contributed by atoms with Crippen molar-refractivity contribution in [3.8, 4) is 0 Å². The average molecular weight is 470 g/mol. The van der Waals surface area contributed by atoms with Gasteiger partial charge in [-0.15, -0.1) is 0 Å².